The molecule has 2 N–H and O–H groups in total. The Labute approximate surface area is 122 Å². The van der Waals surface area contributed by atoms with Gasteiger partial charge in [-0.15, -0.1) is 10.2 Å². The first-order valence-corrected chi connectivity index (χ1v) is 7.39. The molecule has 5 nitrogen and oxygen atoms in total. The molecule has 4 rings (SSSR count). The van der Waals surface area contributed by atoms with Gasteiger partial charge in [0.15, 0.2) is 0 Å². The number of fused-ring (bicyclic) bond motifs is 1. The number of aromatic amines is 1. The van der Waals surface area contributed by atoms with Gasteiger partial charge in [-0.25, -0.2) is 0 Å². The maximum atomic E-state index is 4.32. The van der Waals surface area contributed by atoms with Gasteiger partial charge in [-0.3, -0.25) is 5.10 Å². The zero-order valence-electron chi connectivity index (χ0n) is 11.7. The third kappa shape index (κ3) is 2.46. The van der Waals surface area contributed by atoms with Gasteiger partial charge < -0.3 is 5.32 Å². The van der Waals surface area contributed by atoms with Crippen LogP contribution < -0.4 is 5.32 Å². The number of benzene rings is 1. The lowest BCUT2D eigenvalue weighted by atomic mass is 9.85. The van der Waals surface area contributed by atoms with E-state index in [2.05, 4.69) is 31.8 Å². The van der Waals surface area contributed by atoms with Crippen molar-refractivity contribution in [3.8, 4) is 11.3 Å². The van der Waals surface area contributed by atoms with Gasteiger partial charge in [0.2, 0.25) is 0 Å². The Balaban J connectivity index is 1.51. The molecule has 2 heterocycles. The van der Waals surface area contributed by atoms with E-state index in [0.717, 1.165) is 40.4 Å². The maximum absolute atomic E-state index is 4.32. The van der Waals surface area contributed by atoms with Crippen LogP contribution in [0.15, 0.2) is 36.5 Å². The molecule has 5 heteroatoms. The van der Waals surface area contributed by atoms with Crippen LogP contribution >= 0.6 is 0 Å². The second-order valence-electron chi connectivity index (χ2n) is 5.65. The Morgan fingerprint density at radius 3 is 2.86 bits per heavy atom. The summed E-state index contributed by atoms with van der Waals surface area (Å²) in [5.74, 6) is 1.67. The average molecular weight is 279 g/mol. The van der Waals surface area contributed by atoms with E-state index in [4.69, 9.17) is 0 Å². The number of hydrogen-bond acceptors (Lipinski definition) is 4. The maximum Gasteiger partial charge on any atom is 0.148 e. The Morgan fingerprint density at radius 1 is 1.14 bits per heavy atom. The fourth-order valence-corrected chi connectivity index (χ4v) is 2.63. The molecule has 0 bridgehead atoms. The Bertz CT molecular complexity index is 743. The summed E-state index contributed by atoms with van der Waals surface area (Å²) in [6.07, 6.45) is 5.86. The predicted octanol–water partition coefficient (Wildman–Crippen LogP) is 3.23. The van der Waals surface area contributed by atoms with E-state index in [0.29, 0.717) is 0 Å². The first-order chi connectivity index (χ1) is 10.4. The number of hydrogen-bond donors (Lipinski definition) is 2. The van der Waals surface area contributed by atoms with E-state index < -0.39 is 0 Å². The predicted molar refractivity (Wildman–Crippen MR) is 83.0 cm³/mol. The summed E-state index contributed by atoms with van der Waals surface area (Å²) in [5.41, 5.74) is 2.97. The second kappa shape index (κ2) is 5.16. The van der Waals surface area contributed by atoms with Crippen molar-refractivity contribution in [1.29, 1.82) is 0 Å². The highest BCUT2D eigenvalue weighted by Crippen LogP contribution is 2.26. The molecule has 1 aromatic carbocycles. The van der Waals surface area contributed by atoms with Crippen LogP contribution in [-0.2, 0) is 0 Å². The van der Waals surface area contributed by atoms with Crippen LogP contribution in [0, 0.1) is 5.92 Å². The van der Waals surface area contributed by atoms with E-state index >= 15 is 0 Å². The summed E-state index contributed by atoms with van der Waals surface area (Å²) in [7, 11) is 0. The van der Waals surface area contributed by atoms with E-state index in [1.54, 1.807) is 0 Å². The molecule has 0 radical (unpaired) electrons. The molecule has 0 atom stereocenters. The van der Waals surface area contributed by atoms with E-state index in [1.165, 1.54) is 19.3 Å². The highest BCUT2D eigenvalue weighted by atomic mass is 15.2. The van der Waals surface area contributed by atoms with Crippen LogP contribution in [0.3, 0.4) is 0 Å². The lowest BCUT2D eigenvalue weighted by Gasteiger charge is -2.25. The monoisotopic (exact) mass is 279 g/mol. The minimum Gasteiger partial charge on any atom is -0.368 e. The van der Waals surface area contributed by atoms with Crippen LogP contribution in [0.25, 0.3) is 22.2 Å². The van der Waals surface area contributed by atoms with Crippen molar-refractivity contribution in [3.05, 3.63) is 36.5 Å². The van der Waals surface area contributed by atoms with Crippen molar-refractivity contribution in [2.45, 2.75) is 19.3 Å². The number of rotatable bonds is 4. The number of nitrogens with zero attached hydrogens (tertiary/aromatic N) is 3. The lowest BCUT2D eigenvalue weighted by Crippen LogP contribution is -2.21. The van der Waals surface area contributed by atoms with Gasteiger partial charge in [-0.05, 0) is 43.0 Å². The zero-order chi connectivity index (χ0) is 14.1. The van der Waals surface area contributed by atoms with Crippen LogP contribution in [0.4, 0.5) is 5.82 Å². The molecule has 0 spiro atoms. The van der Waals surface area contributed by atoms with Crippen molar-refractivity contribution >= 4 is 16.7 Å². The Kier molecular flexibility index (Phi) is 3.03. The van der Waals surface area contributed by atoms with Crippen LogP contribution in [0.2, 0.25) is 0 Å². The SMILES string of the molecule is c1cc2[nH]ncc2cc1-c1ccc(NCC2CCC2)nn1. The Morgan fingerprint density at radius 2 is 2.10 bits per heavy atom. The van der Waals surface area contributed by atoms with Gasteiger partial charge in [0, 0.05) is 17.5 Å². The molecule has 106 valence electrons. The first-order valence-electron chi connectivity index (χ1n) is 7.39. The summed E-state index contributed by atoms with van der Waals surface area (Å²) >= 11 is 0. The molecule has 1 fully saturated rings. The largest absolute Gasteiger partial charge is 0.368 e. The van der Waals surface area contributed by atoms with Gasteiger partial charge in [0.1, 0.15) is 5.82 Å². The molecule has 21 heavy (non-hydrogen) atoms. The van der Waals surface area contributed by atoms with Crippen LogP contribution in [0.5, 0.6) is 0 Å². The van der Waals surface area contributed by atoms with Crippen LogP contribution in [-0.4, -0.2) is 26.9 Å². The van der Waals surface area contributed by atoms with Crippen molar-refractivity contribution in [2.24, 2.45) is 5.92 Å². The number of anilines is 1. The quantitative estimate of drug-likeness (QED) is 0.769. The second-order valence-corrected chi connectivity index (χ2v) is 5.65. The summed E-state index contributed by atoms with van der Waals surface area (Å²) < 4.78 is 0. The summed E-state index contributed by atoms with van der Waals surface area (Å²) in [6, 6.07) is 10.1. The van der Waals surface area contributed by atoms with E-state index in [9.17, 15) is 0 Å². The van der Waals surface area contributed by atoms with Gasteiger partial charge in [-0.2, -0.15) is 5.10 Å². The standard InChI is InChI=1S/C16H17N5/c1-2-11(3-1)9-17-16-7-6-14(20-21-16)12-4-5-15-13(8-12)10-18-19-15/h4-8,10-11H,1-3,9H2,(H,17,21)(H,18,19). The van der Waals surface area contributed by atoms with Crippen LogP contribution in [0.1, 0.15) is 19.3 Å². The minimum atomic E-state index is 0.815. The molecule has 3 aromatic rings. The highest BCUT2D eigenvalue weighted by Gasteiger charge is 2.16. The molecular weight excluding hydrogens is 262 g/mol. The number of H-pyrrole nitrogens is 1. The average Bonchev–Trinajstić information content (AvgIpc) is 2.94. The minimum absolute atomic E-state index is 0.815. The fourth-order valence-electron chi connectivity index (χ4n) is 2.63. The summed E-state index contributed by atoms with van der Waals surface area (Å²) in [5, 5.41) is 20.0. The normalized spacial score (nSPS) is 15.0. The van der Waals surface area contributed by atoms with Gasteiger partial charge in [0.25, 0.3) is 0 Å². The highest BCUT2D eigenvalue weighted by molar-refractivity contribution is 5.83. The third-order valence-electron chi connectivity index (χ3n) is 4.20. The molecule has 1 aliphatic rings. The summed E-state index contributed by atoms with van der Waals surface area (Å²) in [6.45, 7) is 1.01. The third-order valence-corrected chi connectivity index (χ3v) is 4.20. The Hall–Kier alpha value is -2.43. The van der Waals surface area contributed by atoms with Crippen molar-refractivity contribution in [2.75, 3.05) is 11.9 Å². The molecule has 1 saturated carbocycles. The molecule has 0 saturated heterocycles. The van der Waals surface area contributed by atoms with Gasteiger partial charge in [0.05, 0.1) is 17.4 Å². The van der Waals surface area contributed by atoms with Crippen molar-refractivity contribution in [3.63, 3.8) is 0 Å². The smallest absolute Gasteiger partial charge is 0.148 e. The summed E-state index contributed by atoms with van der Waals surface area (Å²) in [4.78, 5) is 0. The fraction of sp³-hybridized carbons (Fsp3) is 0.312. The van der Waals surface area contributed by atoms with Crippen molar-refractivity contribution in [1.82, 2.24) is 20.4 Å². The van der Waals surface area contributed by atoms with E-state index in [1.807, 2.05) is 30.5 Å². The van der Waals surface area contributed by atoms with E-state index in [-0.39, 0.29) is 0 Å². The van der Waals surface area contributed by atoms with Gasteiger partial charge in [-0.1, -0.05) is 12.5 Å². The lowest BCUT2D eigenvalue weighted by molar-refractivity contribution is 0.333. The first kappa shape index (κ1) is 12.3. The molecule has 0 amide bonds. The molecule has 2 aromatic heterocycles. The number of aromatic nitrogens is 4. The molecular formula is C16H17N5. The topological polar surface area (TPSA) is 66.5 Å². The zero-order valence-corrected chi connectivity index (χ0v) is 11.7. The van der Waals surface area contributed by atoms with Crippen molar-refractivity contribution < 1.29 is 0 Å². The molecule has 0 unspecified atom stereocenters. The number of nitrogens with one attached hydrogen (secondary N) is 2. The van der Waals surface area contributed by atoms with Gasteiger partial charge >= 0.3 is 0 Å². The molecule has 1 aliphatic carbocycles. The molecule has 0 aliphatic heterocycles.